The van der Waals surface area contributed by atoms with E-state index in [9.17, 15) is 14.0 Å². The zero-order valence-corrected chi connectivity index (χ0v) is 20.6. The SMILES string of the molecule is Cc1ccc2oc3c(c(=O)c2c1)[C@H](c1ccc(F)cc1)N(c1nnc(SCc2ccccc2)s1)C3=O. The number of aryl methyl sites for hydroxylation is 1. The third-order valence-corrected chi connectivity index (χ3v) is 8.15. The Balaban J connectivity index is 1.45. The fourth-order valence-corrected chi connectivity index (χ4v) is 6.15. The topological polar surface area (TPSA) is 76.3 Å². The summed E-state index contributed by atoms with van der Waals surface area (Å²) in [5.41, 5.74) is 2.90. The second kappa shape index (κ2) is 9.00. The molecule has 0 radical (unpaired) electrons. The van der Waals surface area contributed by atoms with Crippen LogP contribution >= 0.6 is 23.1 Å². The average Bonchev–Trinajstić information content (AvgIpc) is 3.47. The summed E-state index contributed by atoms with van der Waals surface area (Å²) < 4.78 is 20.4. The van der Waals surface area contributed by atoms with Crippen LogP contribution in [0, 0.1) is 12.7 Å². The van der Waals surface area contributed by atoms with E-state index in [-0.39, 0.29) is 16.8 Å². The molecule has 0 unspecified atom stereocenters. The van der Waals surface area contributed by atoms with Crippen LogP contribution in [-0.4, -0.2) is 16.1 Å². The van der Waals surface area contributed by atoms with Gasteiger partial charge in [-0.25, -0.2) is 4.39 Å². The molecule has 0 fully saturated rings. The van der Waals surface area contributed by atoms with Gasteiger partial charge in [0.25, 0.3) is 5.91 Å². The number of anilines is 1. The van der Waals surface area contributed by atoms with E-state index in [0.29, 0.717) is 31.8 Å². The average molecular weight is 516 g/mol. The molecule has 3 aromatic carbocycles. The van der Waals surface area contributed by atoms with E-state index in [1.165, 1.54) is 40.1 Å². The van der Waals surface area contributed by atoms with Gasteiger partial charge < -0.3 is 4.42 Å². The van der Waals surface area contributed by atoms with E-state index in [2.05, 4.69) is 10.2 Å². The number of hydrogen-bond acceptors (Lipinski definition) is 7. The summed E-state index contributed by atoms with van der Waals surface area (Å²) in [5.74, 6) is -0.212. The minimum absolute atomic E-state index is 0.0284. The maximum Gasteiger partial charge on any atom is 0.297 e. The number of thioether (sulfide) groups is 1. The van der Waals surface area contributed by atoms with Crippen LogP contribution in [0.4, 0.5) is 9.52 Å². The molecular formula is C27H18FN3O3S2. The minimum Gasteiger partial charge on any atom is -0.450 e. The Bertz CT molecular complexity index is 1670. The number of amides is 1. The lowest BCUT2D eigenvalue weighted by atomic mass is 9.98. The van der Waals surface area contributed by atoms with Crippen molar-refractivity contribution in [1.82, 2.24) is 10.2 Å². The molecule has 9 heteroatoms. The molecule has 2 aromatic heterocycles. The second-order valence-electron chi connectivity index (χ2n) is 8.43. The lowest BCUT2D eigenvalue weighted by Crippen LogP contribution is -2.29. The van der Waals surface area contributed by atoms with Crippen LogP contribution in [-0.2, 0) is 5.75 Å². The highest BCUT2D eigenvalue weighted by Crippen LogP contribution is 2.43. The zero-order valence-electron chi connectivity index (χ0n) is 19.0. The second-order valence-corrected chi connectivity index (χ2v) is 10.6. The number of hydrogen-bond donors (Lipinski definition) is 0. The van der Waals surface area contributed by atoms with E-state index >= 15 is 0 Å². The summed E-state index contributed by atoms with van der Waals surface area (Å²) in [4.78, 5) is 28.7. The minimum atomic E-state index is -0.811. The quantitative estimate of drug-likeness (QED) is 0.207. The van der Waals surface area contributed by atoms with Crippen LogP contribution in [0.15, 0.2) is 86.3 Å². The molecule has 5 aromatic rings. The van der Waals surface area contributed by atoms with Gasteiger partial charge in [-0.2, -0.15) is 0 Å². The number of fused-ring (bicyclic) bond motifs is 2. The summed E-state index contributed by atoms with van der Waals surface area (Å²) in [6.07, 6.45) is 0. The molecule has 1 amide bonds. The third-order valence-electron chi connectivity index (χ3n) is 6.02. The number of carbonyl (C=O) groups is 1. The number of benzene rings is 3. The number of nitrogens with zero attached hydrogens (tertiary/aromatic N) is 3. The van der Waals surface area contributed by atoms with Crippen molar-refractivity contribution in [2.24, 2.45) is 0 Å². The molecule has 0 saturated carbocycles. The highest BCUT2D eigenvalue weighted by molar-refractivity contribution is 8.00. The lowest BCUT2D eigenvalue weighted by Gasteiger charge is -2.22. The first kappa shape index (κ1) is 22.6. The molecule has 0 bridgehead atoms. The molecule has 0 spiro atoms. The Labute approximate surface area is 213 Å². The Hall–Kier alpha value is -3.82. The van der Waals surface area contributed by atoms with E-state index in [1.807, 2.05) is 43.3 Å². The van der Waals surface area contributed by atoms with Crippen LogP contribution in [0.1, 0.15) is 38.9 Å². The van der Waals surface area contributed by atoms with Gasteiger partial charge in [0.05, 0.1) is 17.0 Å². The first-order valence-corrected chi connectivity index (χ1v) is 13.0. The van der Waals surface area contributed by atoms with Gasteiger partial charge in [-0.3, -0.25) is 14.5 Å². The summed E-state index contributed by atoms with van der Waals surface area (Å²) >= 11 is 2.78. The predicted octanol–water partition coefficient (Wildman–Crippen LogP) is 6.13. The zero-order chi connectivity index (χ0) is 24.8. The molecule has 1 aliphatic heterocycles. The molecular weight excluding hydrogens is 497 g/mol. The van der Waals surface area contributed by atoms with Crippen molar-refractivity contribution in [2.75, 3.05) is 4.90 Å². The van der Waals surface area contributed by atoms with Crippen molar-refractivity contribution in [3.05, 3.63) is 117 Å². The third kappa shape index (κ3) is 3.90. The van der Waals surface area contributed by atoms with Gasteiger partial charge in [0.1, 0.15) is 11.4 Å². The Morgan fingerprint density at radius 3 is 2.58 bits per heavy atom. The fourth-order valence-electron chi connectivity index (χ4n) is 4.32. The van der Waals surface area contributed by atoms with Crippen LogP contribution < -0.4 is 10.3 Å². The molecule has 0 aliphatic carbocycles. The van der Waals surface area contributed by atoms with Gasteiger partial charge in [-0.1, -0.05) is 77.2 Å². The maximum absolute atomic E-state index is 13.7. The van der Waals surface area contributed by atoms with E-state index < -0.39 is 17.8 Å². The highest BCUT2D eigenvalue weighted by Gasteiger charge is 2.45. The number of rotatable bonds is 5. The van der Waals surface area contributed by atoms with E-state index in [1.54, 1.807) is 24.3 Å². The molecule has 3 heterocycles. The van der Waals surface area contributed by atoms with Crippen molar-refractivity contribution in [2.45, 2.75) is 23.1 Å². The summed E-state index contributed by atoms with van der Waals surface area (Å²) in [7, 11) is 0. The van der Waals surface area contributed by atoms with Crippen LogP contribution in [0.2, 0.25) is 0 Å². The normalized spacial score (nSPS) is 15.0. The molecule has 6 rings (SSSR count). The Kier molecular flexibility index (Phi) is 5.66. The summed E-state index contributed by atoms with van der Waals surface area (Å²) in [6.45, 7) is 1.89. The molecule has 178 valence electrons. The fraction of sp³-hybridized carbons (Fsp3) is 0.111. The van der Waals surface area contributed by atoms with Gasteiger partial charge in [0.15, 0.2) is 9.77 Å². The molecule has 1 atom stereocenters. The van der Waals surface area contributed by atoms with E-state index in [4.69, 9.17) is 4.42 Å². The highest BCUT2D eigenvalue weighted by atomic mass is 32.2. The van der Waals surface area contributed by atoms with Gasteiger partial charge in [0.2, 0.25) is 10.9 Å². The largest absolute Gasteiger partial charge is 0.450 e. The number of halogens is 1. The summed E-state index contributed by atoms with van der Waals surface area (Å²) in [5, 5.41) is 9.30. The predicted molar refractivity (Wildman–Crippen MR) is 138 cm³/mol. The smallest absolute Gasteiger partial charge is 0.297 e. The van der Waals surface area contributed by atoms with Gasteiger partial charge >= 0.3 is 0 Å². The van der Waals surface area contributed by atoms with Crippen molar-refractivity contribution in [3.63, 3.8) is 0 Å². The van der Waals surface area contributed by atoms with Crippen LogP contribution in [0.3, 0.4) is 0 Å². The molecule has 6 nitrogen and oxygen atoms in total. The Morgan fingerprint density at radius 2 is 1.81 bits per heavy atom. The standard InChI is InChI=1S/C27H18FN3O3S2/c1-15-7-12-20-19(13-15)23(32)21-22(17-8-10-18(28)11-9-17)31(25(33)24(21)34-20)26-29-30-27(36-26)35-14-16-5-3-2-4-6-16/h2-13,22H,14H2,1H3/t22-/m0/s1. The molecule has 0 saturated heterocycles. The molecule has 36 heavy (non-hydrogen) atoms. The lowest BCUT2D eigenvalue weighted by molar-refractivity contribution is 0.0970. The molecule has 0 N–H and O–H groups in total. The monoisotopic (exact) mass is 515 g/mol. The van der Waals surface area contributed by atoms with Crippen molar-refractivity contribution in [3.8, 4) is 0 Å². The van der Waals surface area contributed by atoms with E-state index in [0.717, 1.165) is 11.1 Å². The first-order valence-electron chi connectivity index (χ1n) is 11.2. The van der Waals surface area contributed by atoms with Crippen molar-refractivity contribution in [1.29, 1.82) is 0 Å². The first-order chi connectivity index (χ1) is 17.5. The number of carbonyl (C=O) groups excluding carboxylic acids is 1. The van der Waals surface area contributed by atoms with Crippen molar-refractivity contribution >= 4 is 45.1 Å². The Morgan fingerprint density at radius 1 is 1.03 bits per heavy atom. The van der Waals surface area contributed by atoms with Gasteiger partial charge in [-0.05, 0) is 42.3 Å². The van der Waals surface area contributed by atoms with Gasteiger partial charge in [-0.15, -0.1) is 10.2 Å². The van der Waals surface area contributed by atoms with Crippen LogP contribution in [0.25, 0.3) is 11.0 Å². The molecule has 1 aliphatic rings. The van der Waals surface area contributed by atoms with Crippen LogP contribution in [0.5, 0.6) is 0 Å². The van der Waals surface area contributed by atoms with Gasteiger partial charge in [0, 0.05) is 5.75 Å². The summed E-state index contributed by atoms with van der Waals surface area (Å²) in [6, 6.07) is 20.2. The number of aromatic nitrogens is 2. The van der Waals surface area contributed by atoms with Crippen molar-refractivity contribution < 1.29 is 13.6 Å². The maximum atomic E-state index is 13.7.